The quantitative estimate of drug-likeness (QED) is 0.809. The Labute approximate surface area is 120 Å². The molecule has 1 heterocycles. The number of anilines is 1. The lowest BCUT2D eigenvalue weighted by Gasteiger charge is -2.36. The van der Waals surface area contributed by atoms with Crippen molar-refractivity contribution in [2.24, 2.45) is 0 Å². The van der Waals surface area contributed by atoms with Crippen molar-refractivity contribution in [3.05, 3.63) is 29.3 Å². The van der Waals surface area contributed by atoms with E-state index in [1.807, 2.05) is 6.07 Å². The summed E-state index contributed by atoms with van der Waals surface area (Å²) in [6, 6.07) is 7.24. The molecular weight excluding hydrogens is 250 g/mol. The van der Waals surface area contributed by atoms with E-state index in [1.54, 1.807) is 6.92 Å². The lowest BCUT2D eigenvalue weighted by Crippen LogP contribution is -2.44. The van der Waals surface area contributed by atoms with Gasteiger partial charge in [0.1, 0.15) is 0 Å². The Balaban J connectivity index is 1.64. The number of carbonyl (C=O) groups is 1. The van der Waals surface area contributed by atoms with Gasteiger partial charge in [0.05, 0.1) is 0 Å². The molecule has 0 saturated carbocycles. The van der Waals surface area contributed by atoms with Gasteiger partial charge >= 0.3 is 0 Å². The second-order valence-corrected chi connectivity index (χ2v) is 6.02. The average molecular weight is 273 g/mol. The van der Waals surface area contributed by atoms with E-state index in [0.717, 1.165) is 38.0 Å². The lowest BCUT2D eigenvalue weighted by molar-refractivity contribution is -0.120. The highest BCUT2D eigenvalue weighted by atomic mass is 16.1. The normalized spacial score (nSPS) is 23.6. The van der Waals surface area contributed by atoms with Gasteiger partial charge in [-0.1, -0.05) is 6.07 Å². The minimum absolute atomic E-state index is 0.0881. The molecule has 1 unspecified atom stereocenters. The predicted octanol–water partition coefficient (Wildman–Crippen LogP) is 1.86. The molecule has 0 spiro atoms. The maximum atomic E-state index is 11.1. The first-order chi connectivity index (χ1) is 9.63. The van der Waals surface area contributed by atoms with Gasteiger partial charge in [-0.3, -0.25) is 9.69 Å². The van der Waals surface area contributed by atoms with E-state index in [-0.39, 0.29) is 5.91 Å². The molecule has 0 bridgehead atoms. The van der Waals surface area contributed by atoms with E-state index in [1.165, 1.54) is 17.5 Å². The summed E-state index contributed by atoms with van der Waals surface area (Å²) in [5.41, 5.74) is 9.61. The Hall–Kier alpha value is -1.55. The van der Waals surface area contributed by atoms with E-state index in [0.29, 0.717) is 12.1 Å². The molecule has 1 atom stereocenters. The van der Waals surface area contributed by atoms with E-state index in [2.05, 4.69) is 22.3 Å². The molecule has 1 saturated heterocycles. The van der Waals surface area contributed by atoms with Gasteiger partial charge in [-0.05, 0) is 48.9 Å². The van der Waals surface area contributed by atoms with Crippen LogP contribution in [0, 0.1) is 0 Å². The molecule has 3 rings (SSSR count). The number of fused-ring (bicyclic) bond motifs is 1. The van der Waals surface area contributed by atoms with Crippen LogP contribution in [0.4, 0.5) is 5.69 Å². The second kappa shape index (κ2) is 5.44. The minimum atomic E-state index is 0.0881. The SMILES string of the molecule is CC(=O)NC1CCN(C2CCc3cc(N)ccc32)CC1. The van der Waals surface area contributed by atoms with Crippen molar-refractivity contribution in [2.45, 2.75) is 44.7 Å². The van der Waals surface area contributed by atoms with Crippen LogP contribution in [0.3, 0.4) is 0 Å². The number of aryl methyl sites for hydroxylation is 1. The molecule has 1 aromatic carbocycles. The van der Waals surface area contributed by atoms with Crippen LogP contribution in [0.2, 0.25) is 0 Å². The third-order valence-electron chi connectivity index (χ3n) is 4.59. The first-order valence-electron chi connectivity index (χ1n) is 7.53. The van der Waals surface area contributed by atoms with E-state index < -0.39 is 0 Å². The zero-order valence-electron chi connectivity index (χ0n) is 12.1. The summed E-state index contributed by atoms with van der Waals surface area (Å²) in [4.78, 5) is 13.7. The summed E-state index contributed by atoms with van der Waals surface area (Å²) in [7, 11) is 0. The number of hydrogen-bond donors (Lipinski definition) is 2. The van der Waals surface area contributed by atoms with Crippen LogP contribution in [-0.2, 0) is 11.2 Å². The number of hydrogen-bond acceptors (Lipinski definition) is 3. The molecule has 3 N–H and O–H groups in total. The van der Waals surface area contributed by atoms with Crippen molar-refractivity contribution < 1.29 is 4.79 Å². The smallest absolute Gasteiger partial charge is 0.217 e. The monoisotopic (exact) mass is 273 g/mol. The summed E-state index contributed by atoms with van der Waals surface area (Å²) < 4.78 is 0. The van der Waals surface area contributed by atoms with Crippen molar-refractivity contribution in [3.8, 4) is 0 Å². The van der Waals surface area contributed by atoms with Gasteiger partial charge in [0.25, 0.3) is 0 Å². The molecule has 0 aromatic heterocycles. The van der Waals surface area contributed by atoms with Gasteiger partial charge in [0.2, 0.25) is 5.91 Å². The Morgan fingerprint density at radius 1 is 1.30 bits per heavy atom. The average Bonchev–Trinajstić information content (AvgIpc) is 2.82. The van der Waals surface area contributed by atoms with E-state index in [4.69, 9.17) is 5.73 Å². The Morgan fingerprint density at radius 3 is 2.75 bits per heavy atom. The highest BCUT2D eigenvalue weighted by molar-refractivity contribution is 5.73. The number of nitrogens with zero attached hydrogens (tertiary/aromatic N) is 1. The van der Waals surface area contributed by atoms with Crippen LogP contribution in [0.15, 0.2) is 18.2 Å². The first kappa shape index (κ1) is 13.4. The van der Waals surface area contributed by atoms with Gasteiger partial charge in [-0.15, -0.1) is 0 Å². The van der Waals surface area contributed by atoms with Crippen LogP contribution in [0.5, 0.6) is 0 Å². The second-order valence-electron chi connectivity index (χ2n) is 6.02. The summed E-state index contributed by atoms with van der Waals surface area (Å²) in [6.45, 7) is 3.74. The van der Waals surface area contributed by atoms with Crippen LogP contribution >= 0.6 is 0 Å². The summed E-state index contributed by atoms with van der Waals surface area (Å²) >= 11 is 0. The molecule has 108 valence electrons. The van der Waals surface area contributed by atoms with Gasteiger partial charge < -0.3 is 11.1 Å². The largest absolute Gasteiger partial charge is 0.399 e. The standard InChI is InChI=1S/C16H23N3O/c1-11(20)18-14-6-8-19(9-7-14)16-5-2-12-10-13(17)3-4-15(12)16/h3-4,10,14,16H,2,5-9,17H2,1H3,(H,18,20). The van der Waals surface area contributed by atoms with Crippen LogP contribution < -0.4 is 11.1 Å². The molecule has 1 fully saturated rings. The Morgan fingerprint density at radius 2 is 2.05 bits per heavy atom. The maximum Gasteiger partial charge on any atom is 0.217 e. The number of nitrogen functional groups attached to an aromatic ring is 1. The number of benzene rings is 1. The fourth-order valence-corrected chi connectivity index (χ4v) is 3.64. The van der Waals surface area contributed by atoms with Crippen LogP contribution in [-0.4, -0.2) is 29.9 Å². The molecule has 2 aliphatic rings. The summed E-state index contributed by atoms with van der Waals surface area (Å²) in [6.07, 6.45) is 4.45. The molecule has 1 aliphatic carbocycles. The molecule has 20 heavy (non-hydrogen) atoms. The third kappa shape index (κ3) is 2.66. The molecule has 4 heteroatoms. The highest BCUT2D eigenvalue weighted by Crippen LogP contribution is 2.37. The van der Waals surface area contributed by atoms with Gasteiger partial charge in [-0.25, -0.2) is 0 Å². The number of amides is 1. The van der Waals surface area contributed by atoms with Gasteiger partial charge in [-0.2, -0.15) is 0 Å². The van der Waals surface area contributed by atoms with Crippen molar-refractivity contribution >= 4 is 11.6 Å². The van der Waals surface area contributed by atoms with Gasteiger partial charge in [0, 0.05) is 37.8 Å². The van der Waals surface area contributed by atoms with Crippen molar-refractivity contribution in [1.29, 1.82) is 0 Å². The van der Waals surface area contributed by atoms with Crippen molar-refractivity contribution in [1.82, 2.24) is 10.2 Å². The zero-order valence-corrected chi connectivity index (χ0v) is 12.1. The number of nitrogens with two attached hydrogens (primary N) is 1. The molecule has 1 aromatic rings. The molecule has 0 radical (unpaired) electrons. The van der Waals surface area contributed by atoms with Crippen LogP contribution in [0.1, 0.15) is 43.4 Å². The molecule has 1 amide bonds. The van der Waals surface area contributed by atoms with E-state index >= 15 is 0 Å². The minimum Gasteiger partial charge on any atom is -0.399 e. The van der Waals surface area contributed by atoms with E-state index in [9.17, 15) is 4.79 Å². The first-order valence-corrected chi connectivity index (χ1v) is 7.53. The maximum absolute atomic E-state index is 11.1. The number of piperidine rings is 1. The highest BCUT2D eigenvalue weighted by Gasteiger charge is 2.30. The zero-order chi connectivity index (χ0) is 14.1. The molecule has 1 aliphatic heterocycles. The fourth-order valence-electron chi connectivity index (χ4n) is 3.64. The Bertz CT molecular complexity index is 506. The van der Waals surface area contributed by atoms with Crippen molar-refractivity contribution in [3.63, 3.8) is 0 Å². The number of carbonyl (C=O) groups excluding carboxylic acids is 1. The number of likely N-dealkylation sites (tertiary alicyclic amines) is 1. The van der Waals surface area contributed by atoms with Gasteiger partial charge in [0.15, 0.2) is 0 Å². The predicted molar refractivity (Wildman–Crippen MR) is 80.3 cm³/mol. The fraction of sp³-hybridized carbons (Fsp3) is 0.562. The molecule has 4 nitrogen and oxygen atoms in total. The summed E-state index contributed by atoms with van der Waals surface area (Å²) in [5, 5.41) is 3.04. The number of rotatable bonds is 2. The third-order valence-corrected chi connectivity index (χ3v) is 4.59. The lowest BCUT2D eigenvalue weighted by atomic mass is 10.00. The summed E-state index contributed by atoms with van der Waals surface area (Å²) in [5.74, 6) is 0.0881. The topological polar surface area (TPSA) is 58.4 Å². The van der Waals surface area contributed by atoms with Crippen molar-refractivity contribution in [2.75, 3.05) is 18.8 Å². The van der Waals surface area contributed by atoms with Crippen LogP contribution in [0.25, 0.3) is 0 Å². The number of nitrogens with one attached hydrogen (secondary N) is 1. The molecular formula is C16H23N3O. The Kier molecular flexibility index (Phi) is 3.66.